The molecule has 4 nitrogen and oxygen atoms in total. The monoisotopic (exact) mass is 129 g/mol. The Kier molecular flexibility index (Phi) is 1.67. The molecule has 1 saturated heterocycles. The fraction of sp³-hybridized carbons (Fsp3) is 0.600. The summed E-state index contributed by atoms with van der Waals surface area (Å²) >= 11 is 0. The molecule has 4 heteroatoms. The number of rotatable bonds is 0. The van der Waals surface area contributed by atoms with Crippen molar-refractivity contribution in [2.24, 2.45) is 0 Å². The van der Waals surface area contributed by atoms with Crippen molar-refractivity contribution in [2.45, 2.75) is 12.8 Å². The molecular weight excluding hydrogens is 122 g/mol. The zero-order valence-electron chi connectivity index (χ0n) is 4.85. The summed E-state index contributed by atoms with van der Waals surface area (Å²) in [7, 11) is 0. The van der Waals surface area contributed by atoms with Gasteiger partial charge in [-0.2, -0.15) is 0 Å². The Hall–Kier alpha value is -1.06. The molecule has 0 saturated carbocycles. The minimum absolute atomic E-state index is 0.0255. The fourth-order valence-corrected chi connectivity index (χ4v) is 0.573. The van der Waals surface area contributed by atoms with Gasteiger partial charge < -0.3 is 10.1 Å². The molecule has 1 aliphatic heterocycles. The molecule has 1 aliphatic rings. The highest BCUT2D eigenvalue weighted by Crippen LogP contribution is 1.95. The van der Waals surface area contributed by atoms with E-state index >= 15 is 0 Å². The number of ether oxygens (including phenoxy) is 1. The summed E-state index contributed by atoms with van der Waals surface area (Å²) in [4.78, 5) is 20.9. The van der Waals surface area contributed by atoms with Crippen molar-refractivity contribution in [1.82, 2.24) is 5.32 Å². The van der Waals surface area contributed by atoms with Crippen LogP contribution < -0.4 is 5.32 Å². The van der Waals surface area contributed by atoms with Crippen LogP contribution >= 0.6 is 0 Å². The number of carbonyl (C=O) groups excluding carboxylic acids is 2. The summed E-state index contributed by atoms with van der Waals surface area (Å²) in [6, 6.07) is 0. The van der Waals surface area contributed by atoms with E-state index in [4.69, 9.17) is 0 Å². The number of carbonyl (C=O) groups is 2. The van der Waals surface area contributed by atoms with Crippen LogP contribution in [0.4, 0.5) is 0 Å². The molecule has 1 amide bonds. The van der Waals surface area contributed by atoms with Gasteiger partial charge in [-0.15, -0.1) is 0 Å². The quantitative estimate of drug-likeness (QED) is 0.444. The topological polar surface area (TPSA) is 55.4 Å². The highest BCUT2D eigenvalue weighted by Gasteiger charge is 2.11. The first-order valence-corrected chi connectivity index (χ1v) is 2.71. The molecule has 1 rings (SSSR count). The summed E-state index contributed by atoms with van der Waals surface area (Å²) in [5.41, 5.74) is 0. The third-order valence-electron chi connectivity index (χ3n) is 1.06. The number of amides is 1. The van der Waals surface area contributed by atoms with Crippen LogP contribution in [0.2, 0.25) is 0 Å². The number of cyclic esters (lactones) is 1. The van der Waals surface area contributed by atoms with Crippen LogP contribution in [0.15, 0.2) is 0 Å². The highest BCUT2D eigenvalue weighted by atomic mass is 16.5. The third kappa shape index (κ3) is 1.71. The lowest BCUT2D eigenvalue weighted by atomic mass is 10.3. The SMILES string of the molecule is O=C1CCC(=O)OCN1. The second-order valence-corrected chi connectivity index (χ2v) is 1.76. The van der Waals surface area contributed by atoms with Gasteiger partial charge in [-0.25, -0.2) is 0 Å². The lowest BCUT2D eigenvalue weighted by Crippen LogP contribution is -2.22. The first-order valence-electron chi connectivity index (χ1n) is 2.71. The van der Waals surface area contributed by atoms with E-state index in [1.165, 1.54) is 0 Å². The summed E-state index contributed by atoms with van der Waals surface area (Å²) in [5.74, 6) is -0.436. The normalized spacial score (nSPS) is 20.0. The van der Waals surface area contributed by atoms with Gasteiger partial charge in [0.05, 0.1) is 6.42 Å². The van der Waals surface area contributed by atoms with E-state index in [1.54, 1.807) is 0 Å². The van der Waals surface area contributed by atoms with E-state index in [2.05, 4.69) is 10.1 Å². The second-order valence-electron chi connectivity index (χ2n) is 1.76. The highest BCUT2D eigenvalue weighted by molar-refractivity contribution is 5.82. The van der Waals surface area contributed by atoms with Crippen LogP contribution in [-0.2, 0) is 14.3 Å². The van der Waals surface area contributed by atoms with Crippen LogP contribution in [0.25, 0.3) is 0 Å². The summed E-state index contributed by atoms with van der Waals surface area (Å²) in [5, 5.41) is 2.39. The van der Waals surface area contributed by atoms with Crippen LogP contribution in [-0.4, -0.2) is 18.6 Å². The summed E-state index contributed by atoms with van der Waals surface area (Å²) < 4.78 is 4.50. The first kappa shape index (κ1) is 6.07. The standard InChI is InChI=1S/C5H7NO3/c7-4-1-2-5(8)9-3-6-4/h1-3H2,(H,6,7). The van der Waals surface area contributed by atoms with Crippen LogP contribution in [0.5, 0.6) is 0 Å². The van der Waals surface area contributed by atoms with Crippen molar-refractivity contribution in [1.29, 1.82) is 0 Å². The number of esters is 1. The molecule has 0 aromatic heterocycles. The van der Waals surface area contributed by atoms with Gasteiger partial charge in [-0.3, -0.25) is 9.59 Å². The third-order valence-corrected chi connectivity index (χ3v) is 1.06. The van der Waals surface area contributed by atoms with Crippen molar-refractivity contribution in [2.75, 3.05) is 6.73 Å². The molecule has 0 radical (unpaired) electrons. The van der Waals surface area contributed by atoms with Gasteiger partial charge in [-0.05, 0) is 0 Å². The predicted molar refractivity (Wildman–Crippen MR) is 28.3 cm³/mol. The molecule has 1 N–H and O–H groups in total. The average Bonchev–Trinajstić information content (AvgIpc) is 1.97. The lowest BCUT2D eigenvalue weighted by molar-refractivity contribution is -0.143. The predicted octanol–water partition coefficient (Wildman–Crippen LogP) is -0.603. The Morgan fingerprint density at radius 2 is 2.11 bits per heavy atom. The summed E-state index contributed by atoms with van der Waals surface area (Å²) in [6.45, 7) is 0.0255. The fourth-order valence-electron chi connectivity index (χ4n) is 0.573. The molecule has 0 aromatic carbocycles. The van der Waals surface area contributed by atoms with E-state index in [-0.39, 0.29) is 31.4 Å². The van der Waals surface area contributed by atoms with Crippen LogP contribution in [0.1, 0.15) is 12.8 Å². The first-order chi connectivity index (χ1) is 4.29. The maximum absolute atomic E-state index is 10.5. The van der Waals surface area contributed by atoms with Gasteiger partial charge >= 0.3 is 5.97 Å². The zero-order chi connectivity index (χ0) is 6.69. The van der Waals surface area contributed by atoms with Crippen molar-refractivity contribution in [3.8, 4) is 0 Å². The van der Waals surface area contributed by atoms with Gasteiger partial charge in [0.2, 0.25) is 5.91 Å². The van der Waals surface area contributed by atoms with Gasteiger partial charge in [0.1, 0.15) is 0 Å². The van der Waals surface area contributed by atoms with E-state index in [0.717, 1.165) is 0 Å². The maximum Gasteiger partial charge on any atom is 0.308 e. The Balaban J connectivity index is 2.43. The largest absolute Gasteiger partial charge is 0.444 e. The Morgan fingerprint density at radius 3 is 2.89 bits per heavy atom. The van der Waals surface area contributed by atoms with Gasteiger partial charge in [-0.1, -0.05) is 0 Å². The Morgan fingerprint density at radius 1 is 1.33 bits per heavy atom. The second kappa shape index (κ2) is 2.48. The van der Waals surface area contributed by atoms with E-state index in [0.29, 0.717) is 0 Å². The molecule has 0 spiro atoms. The van der Waals surface area contributed by atoms with Gasteiger partial charge in [0.25, 0.3) is 0 Å². The van der Waals surface area contributed by atoms with Crippen LogP contribution in [0.3, 0.4) is 0 Å². The molecule has 50 valence electrons. The molecule has 1 heterocycles. The Labute approximate surface area is 52.2 Å². The molecule has 0 aliphatic carbocycles. The Bertz CT molecular complexity index is 127. The molecular formula is C5H7NO3. The van der Waals surface area contributed by atoms with E-state index in [9.17, 15) is 9.59 Å². The molecule has 0 unspecified atom stereocenters. The zero-order valence-corrected chi connectivity index (χ0v) is 4.85. The molecule has 0 atom stereocenters. The van der Waals surface area contributed by atoms with Gasteiger partial charge in [0, 0.05) is 6.42 Å². The molecule has 1 fully saturated rings. The maximum atomic E-state index is 10.5. The minimum Gasteiger partial charge on any atom is -0.444 e. The van der Waals surface area contributed by atoms with Crippen molar-refractivity contribution >= 4 is 11.9 Å². The van der Waals surface area contributed by atoms with Crippen molar-refractivity contribution < 1.29 is 14.3 Å². The smallest absolute Gasteiger partial charge is 0.308 e. The van der Waals surface area contributed by atoms with Gasteiger partial charge in [0.15, 0.2) is 6.73 Å². The minimum atomic E-state index is -0.312. The van der Waals surface area contributed by atoms with Crippen LogP contribution in [0, 0.1) is 0 Å². The summed E-state index contributed by atoms with van der Waals surface area (Å²) in [6.07, 6.45) is 0.449. The van der Waals surface area contributed by atoms with Crippen molar-refractivity contribution in [3.63, 3.8) is 0 Å². The molecule has 9 heavy (non-hydrogen) atoms. The number of nitrogens with one attached hydrogen (secondary N) is 1. The molecule has 0 aromatic rings. The number of hydrogen-bond donors (Lipinski definition) is 1. The van der Waals surface area contributed by atoms with E-state index in [1.807, 2.05) is 0 Å². The van der Waals surface area contributed by atoms with Crippen molar-refractivity contribution in [3.05, 3.63) is 0 Å². The number of hydrogen-bond acceptors (Lipinski definition) is 3. The molecule has 0 bridgehead atoms. The average molecular weight is 129 g/mol. The van der Waals surface area contributed by atoms with E-state index < -0.39 is 0 Å². The lowest BCUT2D eigenvalue weighted by Gasteiger charge is -1.96.